The highest BCUT2D eigenvalue weighted by Gasteiger charge is 2.20. The maximum atomic E-state index is 13.9. The summed E-state index contributed by atoms with van der Waals surface area (Å²) in [4.78, 5) is 1.69. The average molecular weight is 273 g/mol. The van der Waals surface area contributed by atoms with Crippen molar-refractivity contribution in [2.45, 2.75) is 17.9 Å². The highest BCUT2D eigenvalue weighted by atomic mass is 32.2. The molecule has 1 heterocycles. The predicted octanol–water partition coefficient (Wildman–Crippen LogP) is 0.271. The molecule has 1 fully saturated rings. The van der Waals surface area contributed by atoms with Gasteiger partial charge in [-0.2, -0.15) is 0 Å². The Kier molecular flexibility index (Phi) is 3.56. The van der Waals surface area contributed by atoms with Crippen molar-refractivity contribution in [3.8, 4) is 0 Å². The van der Waals surface area contributed by atoms with Crippen LogP contribution in [-0.4, -0.2) is 34.1 Å². The minimum atomic E-state index is -3.85. The van der Waals surface area contributed by atoms with Gasteiger partial charge in [-0.05, 0) is 25.1 Å². The summed E-state index contributed by atoms with van der Waals surface area (Å²) in [5, 5.41) is 8.21. The van der Waals surface area contributed by atoms with E-state index in [2.05, 4.69) is 5.32 Å². The van der Waals surface area contributed by atoms with E-state index in [9.17, 15) is 12.8 Å². The van der Waals surface area contributed by atoms with Gasteiger partial charge in [-0.3, -0.25) is 0 Å². The first kappa shape index (κ1) is 13.3. The molecular weight excluding hydrogens is 257 g/mol. The number of nitrogens with zero attached hydrogens (tertiary/aromatic N) is 1. The van der Waals surface area contributed by atoms with Gasteiger partial charge in [-0.1, -0.05) is 0 Å². The van der Waals surface area contributed by atoms with Crippen LogP contribution in [0.5, 0.6) is 0 Å². The van der Waals surface area contributed by atoms with Crippen LogP contribution in [0.4, 0.5) is 10.1 Å². The number of hydrogen-bond donors (Lipinski definition) is 2. The van der Waals surface area contributed by atoms with E-state index in [1.807, 2.05) is 11.8 Å². The Morgan fingerprint density at radius 2 is 2.22 bits per heavy atom. The van der Waals surface area contributed by atoms with Crippen molar-refractivity contribution in [2.24, 2.45) is 5.14 Å². The number of anilines is 1. The van der Waals surface area contributed by atoms with Crippen LogP contribution in [0.1, 0.15) is 6.92 Å². The Balaban J connectivity index is 2.30. The highest BCUT2D eigenvalue weighted by molar-refractivity contribution is 7.89. The molecule has 3 N–H and O–H groups in total. The third-order valence-electron chi connectivity index (χ3n) is 2.96. The number of rotatable bonds is 2. The molecule has 0 aromatic heterocycles. The lowest BCUT2D eigenvalue weighted by Crippen LogP contribution is -2.49. The molecule has 2 rings (SSSR count). The van der Waals surface area contributed by atoms with Crippen LogP contribution in [0.25, 0.3) is 0 Å². The molecule has 1 aliphatic rings. The quantitative estimate of drug-likeness (QED) is 0.811. The van der Waals surface area contributed by atoms with E-state index in [1.165, 1.54) is 12.1 Å². The molecule has 100 valence electrons. The zero-order chi connectivity index (χ0) is 13.3. The second-order valence-corrected chi connectivity index (χ2v) is 6.02. The molecule has 1 aliphatic heterocycles. The van der Waals surface area contributed by atoms with Crippen molar-refractivity contribution >= 4 is 15.7 Å². The number of halogens is 1. The molecule has 1 atom stereocenters. The third-order valence-corrected chi connectivity index (χ3v) is 3.87. The average Bonchev–Trinajstić information content (AvgIpc) is 2.27. The van der Waals surface area contributed by atoms with Gasteiger partial charge in [-0.15, -0.1) is 0 Å². The van der Waals surface area contributed by atoms with Crippen LogP contribution in [0, 0.1) is 5.82 Å². The largest absolute Gasteiger partial charge is 0.366 e. The molecule has 7 heteroatoms. The normalized spacial score (nSPS) is 21.1. The van der Waals surface area contributed by atoms with E-state index < -0.39 is 15.8 Å². The molecule has 1 aromatic carbocycles. The summed E-state index contributed by atoms with van der Waals surface area (Å²) in [5.74, 6) is -0.560. The number of primary sulfonamides is 1. The summed E-state index contributed by atoms with van der Waals surface area (Å²) < 4.78 is 36.1. The molecule has 0 amide bonds. The van der Waals surface area contributed by atoms with Crippen LogP contribution in [0.3, 0.4) is 0 Å². The Bertz CT molecular complexity index is 547. The molecule has 1 saturated heterocycles. The van der Waals surface area contributed by atoms with Crippen LogP contribution >= 0.6 is 0 Å². The lowest BCUT2D eigenvalue weighted by Gasteiger charge is -2.33. The Morgan fingerprint density at radius 3 is 2.78 bits per heavy atom. The minimum Gasteiger partial charge on any atom is -0.366 e. The zero-order valence-electron chi connectivity index (χ0n) is 10.1. The van der Waals surface area contributed by atoms with Crippen molar-refractivity contribution in [1.29, 1.82) is 0 Å². The Labute approximate surface area is 106 Å². The zero-order valence-corrected chi connectivity index (χ0v) is 10.9. The molecule has 5 nitrogen and oxygen atoms in total. The molecule has 0 radical (unpaired) electrons. The van der Waals surface area contributed by atoms with Gasteiger partial charge in [0.05, 0.1) is 10.6 Å². The Hall–Kier alpha value is -1.18. The summed E-state index contributed by atoms with van der Waals surface area (Å²) in [5.41, 5.74) is 0.413. The van der Waals surface area contributed by atoms with Crippen LogP contribution in [0.15, 0.2) is 23.1 Å². The Morgan fingerprint density at radius 1 is 1.50 bits per heavy atom. The van der Waals surface area contributed by atoms with E-state index in [0.29, 0.717) is 18.8 Å². The predicted molar refractivity (Wildman–Crippen MR) is 67.5 cm³/mol. The van der Waals surface area contributed by atoms with Crippen LogP contribution in [-0.2, 0) is 10.0 Å². The summed E-state index contributed by atoms with van der Waals surface area (Å²) in [6.45, 7) is 4.17. The van der Waals surface area contributed by atoms with Gasteiger partial charge in [-0.25, -0.2) is 17.9 Å². The lowest BCUT2D eigenvalue weighted by molar-refractivity contribution is 0.478. The fourth-order valence-corrected chi connectivity index (χ4v) is 2.60. The summed E-state index contributed by atoms with van der Waals surface area (Å²) in [6, 6.07) is 4.04. The van der Waals surface area contributed by atoms with E-state index in [-0.39, 0.29) is 10.9 Å². The van der Waals surface area contributed by atoms with Gasteiger partial charge in [0.1, 0.15) is 5.82 Å². The van der Waals surface area contributed by atoms with Crippen molar-refractivity contribution in [1.82, 2.24) is 5.32 Å². The van der Waals surface area contributed by atoms with E-state index in [4.69, 9.17) is 5.14 Å². The standard InChI is InChI=1S/C11H16FN3O2S/c1-8-7-15(5-4-14-8)11-3-2-9(6-10(11)12)18(13,16)17/h2-3,6,8,14H,4-5,7H2,1H3,(H2,13,16,17)/t8-/m1/s1. The van der Waals surface area contributed by atoms with E-state index in [0.717, 1.165) is 12.6 Å². The molecule has 0 unspecified atom stereocenters. The van der Waals surface area contributed by atoms with Crippen molar-refractivity contribution in [2.75, 3.05) is 24.5 Å². The van der Waals surface area contributed by atoms with Gasteiger partial charge in [0.15, 0.2) is 0 Å². The number of piperazine rings is 1. The molecular formula is C11H16FN3O2S. The molecule has 0 spiro atoms. The fourth-order valence-electron chi connectivity index (χ4n) is 2.07. The first-order valence-corrected chi connectivity index (χ1v) is 7.23. The van der Waals surface area contributed by atoms with Gasteiger partial charge in [0.2, 0.25) is 10.0 Å². The summed E-state index contributed by atoms with van der Waals surface area (Å²) >= 11 is 0. The van der Waals surface area contributed by atoms with Gasteiger partial charge < -0.3 is 10.2 Å². The van der Waals surface area contributed by atoms with Crippen LogP contribution in [0.2, 0.25) is 0 Å². The molecule has 0 aliphatic carbocycles. The molecule has 0 bridgehead atoms. The fraction of sp³-hybridized carbons (Fsp3) is 0.455. The SMILES string of the molecule is C[C@@H]1CN(c2ccc(S(N)(=O)=O)cc2F)CCN1. The molecule has 1 aromatic rings. The lowest BCUT2D eigenvalue weighted by atomic mass is 10.2. The summed E-state index contributed by atoms with van der Waals surface area (Å²) in [6.07, 6.45) is 0. The van der Waals surface area contributed by atoms with E-state index >= 15 is 0 Å². The minimum absolute atomic E-state index is 0.202. The smallest absolute Gasteiger partial charge is 0.238 e. The topological polar surface area (TPSA) is 75.4 Å². The summed E-state index contributed by atoms with van der Waals surface area (Å²) in [7, 11) is -3.85. The first-order valence-electron chi connectivity index (χ1n) is 5.68. The number of hydrogen-bond acceptors (Lipinski definition) is 4. The number of nitrogens with one attached hydrogen (secondary N) is 1. The molecule has 0 saturated carbocycles. The van der Waals surface area contributed by atoms with Crippen molar-refractivity contribution in [3.05, 3.63) is 24.0 Å². The highest BCUT2D eigenvalue weighted by Crippen LogP contribution is 2.23. The van der Waals surface area contributed by atoms with Gasteiger partial charge >= 0.3 is 0 Å². The third kappa shape index (κ3) is 2.80. The number of sulfonamides is 1. The maximum Gasteiger partial charge on any atom is 0.238 e. The second-order valence-electron chi connectivity index (χ2n) is 4.46. The maximum absolute atomic E-state index is 13.9. The van der Waals surface area contributed by atoms with Gasteiger partial charge in [0, 0.05) is 25.7 Å². The first-order chi connectivity index (χ1) is 8.38. The number of nitrogens with two attached hydrogens (primary N) is 1. The number of benzene rings is 1. The van der Waals surface area contributed by atoms with E-state index in [1.54, 1.807) is 0 Å². The van der Waals surface area contributed by atoms with Crippen LogP contribution < -0.4 is 15.4 Å². The van der Waals surface area contributed by atoms with Crippen molar-refractivity contribution in [3.63, 3.8) is 0 Å². The van der Waals surface area contributed by atoms with Gasteiger partial charge in [0.25, 0.3) is 0 Å². The molecule has 18 heavy (non-hydrogen) atoms. The second kappa shape index (κ2) is 4.83. The monoisotopic (exact) mass is 273 g/mol. The van der Waals surface area contributed by atoms with Crippen molar-refractivity contribution < 1.29 is 12.8 Å².